The van der Waals surface area contributed by atoms with E-state index < -0.39 is 0 Å². The smallest absolute Gasteiger partial charge is 0.277 e. The van der Waals surface area contributed by atoms with Crippen LogP contribution in [0.5, 0.6) is 11.5 Å². The Morgan fingerprint density at radius 1 is 1.16 bits per heavy atom. The predicted molar refractivity (Wildman–Crippen MR) is 117 cm³/mol. The molecule has 0 aliphatic carbocycles. The third-order valence-electron chi connectivity index (χ3n) is 4.98. The lowest BCUT2D eigenvalue weighted by atomic mass is 10.1. The van der Waals surface area contributed by atoms with E-state index in [0.29, 0.717) is 28.3 Å². The number of methoxy groups -OCH3 is 2. The van der Waals surface area contributed by atoms with Crippen LogP contribution in [0.2, 0.25) is 0 Å². The molecule has 0 fully saturated rings. The summed E-state index contributed by atoms with van der Waals surface area (Å²) in [7, 11) is 3.04. The van der Waals surface area contributed by atoms with Crippen LogP contribution in [0.4, 0.5) is 5.95 Å². The summed E-state index contributed by atoms with van der Waals surface area (Å²) in [6.07, 6.45) is 0. The monoisotopic (exact) mass is 439 g/mol. The molecule has 31 heavy (non-hydrogen) atoms. The van der Waals surface area contributed by atoms with Gasteiger partial charge in [-0.3, -0.25) is 19.6 Å². The number of ether oxygens (including phenoxy) is 2. The Balaban J connectivity index is 1.81. The fraction of sp³-hybridized carbons (Fsp3) is 0.238. The predicted octanol–water partition coefficient (Wildman–Crippen LogP) is 2.96. The Hall–Kier alpha value is -3.66. The minimum absolute atomic E-state index is 0.208. The highest BCUT2D eigenvalue weighted by atomic mass is 32.1. The number of benzene rings is 1. The molecule has 1 aromatic carbocycles. The van der Waals surface area contributed by atoms with E-state index in [2.05, 4.69) is 15.1 Å². The molecular formula is C21H21N5O4S. The summed E-state index contributed by atoms with van der Waals surface area (Å²) in [5.74, 6) is 1.09. The Kier molecular flexibility index (Phi) is 5.47. The van der Waals surface area contributed by atoms with E-state index in [-0.39, 0.29) is 29.7 Å². The number of amides is 1. The lowest BCUT2D eigenvalue weighted by Gasteiger charge is -2.19. The lowest BCUT2D eigenvalue weighted by molar-refractivity contribution is 0.0983. The summed E-state index contributed by atoms with van der Waals surface area (Å²) in [5, 5.41) is 4.87. The van der Waals surface area contributed by atoms with Crippen molar-refractivity contribution in [1.82, 2.24) is 19.6 Å². The molecule has 0 saturated carbocycles. The topological polar surface area (TPSA) is 102 Å². The van der Waals surface area contributed by atoms with Crippen molar-refractivity contribution in [2.75, 3.05) is 19.1 Å². The molecule has 0 radical (unpaired) electrons. The van der Waals surface area contributed by atoms with Crippen molar-refractivity contribution in [3.63, 3.8) is 0 Å². The molecule has 3 heterocycles. The number of thiophene rings is 1. The van der Waals surface area contributed by atoms with Crippen molar-refractivity contribution in [3.05, 3.63) is 67.8 Å². The van der Waals surface area contributed by atoms with Crippen molar-refractivity contribution in [2.24, 2.45) is 0 Å². The second kappa shape index (κ2) is 8.23. The summed E-state index contributed by atoms with van der Waals surface area (Å²) in [4.78, 5) is 37.4. The third-order valence-corrected chi connectivity index (χ3v) is 5.84. The minimum Gasteiger partial charge on any atom is -0.493 e. The SMILES string of the molecule is COc1ccc(C(=O)N(Cc2cccs2)c2nc3nc(C)c(C)c(=O)n3[nH]2)cc1OC. The molecule has 0 unspecified atom stereocenters. The van der Waals surface area contributed by atoms with E-state index in [1.807, 2.05) is 17.5 Å². The second-order valence-corrected chi connectivity index (χ2v) is 7.88. The van der Waals surface area contributed by atoms with Gasteiger partial charge < -0.3 is 9.47 Å². The molecule has 1 amide bonds. The van der Waals surface area contributed by atoms with Crippen LogP contribution < -0.4 is 19.9 Å². The molecule has 0 saturated heterocycles. The molecule has 0 aliphatic rings. The van der Waals surface area contributed by atoms with Crippen molar-refractivity contribution < 1.29 is 14.3 Å². The van der Waals surface area contributed by atoms with Crippen LogP contribution in [0.15, 0.2) is 40.5 Å². The van der Waals surface area contributed by atoms with Crippen LogP contribution in [0.1, 0.15) is 26.5 Å². The van der Waals surface area contributed by atoms with Gasteiger partial charge in [0, 0.05) is 21.7 Å². The van der Waals surface area contributed by atoms with E-state index in [9.17, 15) is 9.59 Å². The minimum atomic E-state index is -0.310. The molecule has 3 aromatic heterocycles. The standard InChI is InChI=1S/C21H21N5O4S/c1-12-13(2)22-20-23-21(24-26(20)18(12)27)25(11-15-6-5-9-31-15)19(28)14-7-8-16(29-3)17(10-14)30-4/h5-10H,11H2,1-4H3,(H,22,23,24). The zero-order valence-corrected chi connectivity index (χ0v) is 18.3. The maximum Gasteiger partial charge on any atom is 0.277 e. The quantitative estimate of drug-likeness (QED) is 0.496. The highest BCUT2D eigenvalue weighted by Gasteiger charge is 2.24. The Morgan fingerprint density at radius 3 is 2.61 bits per heavy atom. The van der Waals surface area contributed by atoms with Gasteiger partial charge >= 0.3 is 0 Å². The first kappa shape index (κ1) is 20.6. The lowest BCUT2D eigenvalue weighted by Crippen LogP contribution is -2.31. The number of carbonyl (C=O) groups excluding carboxylic acids is 1. The van der Waals surface area contributed by atoms with E-state index in [0.717, 1.165) is 4.88 Å². The van der Waals surface area contributed by atoms with Gasteiger partial charge in [0.2, 0.25) is 5.95 Å². The molecule has 0 atom stereocenters. The van der Waals surface area contributed by atoms with Gasteiger partial charge in [-0.05, 0) is 43.5 Å². The number of anilines is 1. The maximum atomic E-state index is 13.5. The summed E-state index contributed by atoms with van der Waals surface area (Å²) in [5.41, 5.74) is 1.25. The fourth-order valence-electron chi connectivity index (χ4n) is 3.14. The maximum absolute atomic E-state index is 13.5. The third kappa shape index (κ3) is 3.77. The molecule has 1 N–H and O–H groups in total. The molecule has 4 aromatic rings. The first-order chi connectivity index (χ1) is 14.9. The summed E-state index contributed by atoms with van der Waals surface area (Å²) >= 11 is 1.52. The highest BCUT2D eigenvalue weighted by molar-refractivity contribution is 7.09. The molecule has 0 bridgehead atoms. The van der Waals surface area contributed by atoms with Crippen molar-refractivity contribution in [2.45, 2.75) is 20.4 Å². The van der Waals surface area contributed by atoms with Gasteiger partial charge in [0.15, 0.2) is 11.5 Å². The number of nitrogens with one attached hydrogen (secondary N) is 1. The Morgan fingerprint density at radius 2 is 1.94 bits per heavy atom. The molecule has 4 rings (SSSR count). The molecule has 9 nitrogen and oxygen atoms in total. The van der Waals surface area contributed by atoms with Gasteiger partial charge in [0.1, 0.15) is 0 Å². The van der Waals surface area contributed by atoms with Crippen LogP contribution in [0.3, 0.4) is 0 Å². The number of hydrogen-bond donors (Lipinski definition) is 1. The first-order valence-electron chi connectivity index (χ1n) is 9.45. The number of rotatable bonds is 6. The zero-order valence-electron chi connectivity index (χ0n) is 17.5. The van der Waals surface area contributed by atoms with Crippen LogP contribution in [0.25, 0.3) is 5.78 Å². The number of aromatic amines is 1. The zero-order chi connectivity index (χ0) is 22.1. The van der Waals surface area contributed by atoms with E-state index in [1.165, 1.54) is 35.0 Å². The van der Waals surface area contributed by atoms with Gasteiger partial charge in [-0.25, -0.2) is 4.98 Å². The summed E-state index contributed by atoms with van der Waals surface area (Å²) in [6, 6.07) is 8.79. The highest BCUT2D eigenvalue weighted by Crippen LogP contribution is 2.29. The van der Waals surface area contributed by atoms with Crippen LogP contribution in [-0.2, 0) is 6.54 Å². The number of aromatic nitrogens is 4. The molecule has 10 heteroatoms. The molecule has 0 spiro atoms. The van der Waals surface area contributed by atoms with Gasteiger partial charge in [-0.2, -0.15) is 9.50 Å². The van der Waals surface area contributed by atoms with Crippen LogP contribution in [-0.4, -0.2) is 39.7 Å². The Labute approximate surface area is 181 Å². The van der Waals surface area contributed by atoms with E-state index in [4.69, 9.17) is 9.47 Å². The van der Waals surface area contributed by atoms with Gasteiger partial charge in [0.25, 0.3) is 17.2 Å². The number of carbonyl (C=O) groups is 1. The number of H-pyrrole nitrogens is 1. The average Bonchev–Trinajstić information content (AvgIpc) is 3.44. The second-order valence-electron chi connectivity index (χ2n) is 6.85. The molecular weight excluding hydrogens is 418 g/mol. The number of hydrogen-bond acceptors (Lipinski definition) is 7. The first-order valence-corrected chi connectivity index (χ1v) is 10.3. The normalized spacial score (nSPS) is 11.0. The van der Waals surface area contributed by atoms with E-state index in [1.54, 1.807) is 32.0 Å². The Bertz CT molecular complexity index is 1310. The van der Waals surface area contributed by atoms with E-state index >= 15 is 0 Å². The number of nitrogens with zero attached hydrogens (tertiary/aromatic N) is 4. The van der Waals surface area contributed by atoms with Gasteiger partial charge in [-0.15, -0.1) is 11.3 Å². The van der Waals surface area contributed by atoms with Gasteiger partial charge in [-0.1, -0.05) is 6.07 Å². The van der Waals surface area contributed by atoms with Crippen molar-refractivity contribution in [3.8, 4) is 11.5 Å². The average molecular weight is 439 g/mol. The summed E-state index contributed by atoms with van der Waals surface area (Å²) in [6.45, 7) is 3.73. The van der Waals surface area contributed by atoms with Crippen molar-refractivity contribution in [1.29, 1.82) is 0 Å². The van der Waals surface area contributed by atoms with Gasteiger partial charge in [0.05, 0.1) is 20.8 Å². The van der Waals surface area contributed by atoms with Crippen molar-refractivity contribution >= 4 is 29.0 Å². The summed E-state index contributed by atoms with van der Waals surface area (Å²) < 4.78 is 11.9. The van der Waals surface area contributed by atoms with Crippen LogP contribution in [0, 0.1) is 13.8 Å². The largest absolute Gasteiger partial charge is 0.493 e. The molecule has 160 valence electrons. The van der Waals surface area contributed by atoms with Crippen LogP contribution >= 0.6 is 11.3 Å². The number of aryl methyl sites for hydroxylation is 1. The number of fused-ring (bicyclic) bond motifs is 1. The molecule has 0 aliphatic heterocycles. The fourth-order valence-corrected chi connectivity index (χ4v) is 3.83.